The Kier molecular flexibility index (Phi) is 3.98. The van der Waals surface area contributed by atoms with Gasteiger partial charge < -0.3 is 10.0 Å². The third-order valence-corrected chi connectivity index (χ3v) is 3.40. The summed E-state index contributed by atoms with van der Waals surface area (Å²) in [5.74, 6) is 0. The van der Waals surface area contributed by atoms with Crippen LogP contribution in [0.2, 0.25) is 5.15 Å². The van der Waals surface area contributed by atoms with Crippen LogP contribution in [0.1, 0.15) is 25.6 Å². The number of hydrogen-bond donors (Lipinski definition) is 1. The summed E-state index contributed by atoms with van der Waals surface area (Å²) in [6.45, 7) is 7.38. The lowest BCUT2D eigenvalue weighted by Gasteiger charge is -2.25. The van der Waals surface area contributed by atoms with Crippen molar-refractivity contribution in [1.29, 1.82) is 0 Å². The number of aromatic nitrogens is 1. The van der Waals surface area contributed by atoms with Crippen molar-refractivity contribution in [3.8, 4) is 0 Å². The summed E-state index contributed by atoms with van der Waals surface area (Å²) in [4.78, 5) is 7.01. The highest BCUT2D eigenvalue weighted by Crippen LogP contribution is 2.30. The molecule has 0 atom stereocenters. The van der Waals surface area contributed by atoms with Gasteiger partial charge in [-0.05, 0) is 5.41 Å². The Morgan fingerprint density at radius 2 is 2.07 bits per heavy atom. The molecular formula is C10H17ClN2OS. The van der Waals surface area contributed by atoms with Crippen LogP contribution in [0.3, 0.4) is 0 Å². The summed E-state index contributed by atoms with van der Waals surface area (Å²) >= 11 is 7.31. The zero-order chi connectivity index (χ0) is 11.6. The van der Waals surface area contributed by atoms with E-state index in [1.165, 1.54) is 11.3 Å². The number of halogens is 1. The number of rotatable bonds is 3. The Bertz CT molecular complexity index is 333. The predicted octanol–water partition coefficient (Wildman–Crippen LogP) is 2.77. The summed E-state index contributed by atoms with van der Waals surface area (Å²) in [6.07, 6.45) is 0. The number of aliphatic hydroxyl groups excluding tert-OH is 1. The van der Waals surface area contributed by atoms with Crippen LogP contribution in [0.5, 0.6) is 0 Å². The van der Waals surface area contributed by atoms with Crippen molar-refractivity contribution in [3.63, 3.8) is 0 Å². The Labute approximate surface area is 99.7 Å². The number of aliphatic hydroxyl groups is 1. The number of nitrogens with zero attached hydrogens (tertiary/aromatic N) is 2. The molecule has 0 aliphatic heterocycles. The average molecular weight is 249 g/mol. The molecule has 0 aliphatic rings. The van der Waals surface area contributed by atoms with Crippen LogP contribution in [0.25, 0.3) is 0 Å². The first-order valence-corrected chi connectivity index (χ1v) is 6.00. The van der Waals surface area contributed by atoms with Gasteiger partial charge in [0.15, 0.2) is 5.13 Å². The highest BCUT2D eigenvalue weighted by atomic mass is 35.5. The first-order valence-electron chi connectivity index (χ1n) is 4.80. The molecule has 0 aliphatic carbocycles. The first-order chi connectivity index (χ1) is 6.83. The molecule has 5 heteroatoms. The molecule has 1 N–H and O–H groups in total. The van der Waals surface area contributed by atoms with E-state index in [1.807, 2.05) is 7.05 Å². The van der Waals surface area contributed by atoms with Crippen LogP contribution in [-0.2, 0) is 6.61 Å². The molecule has 0 unspecified atom stereocenters. The monoisotopic (exact) mass is 248 g/mol. The van der Waals surface area contributed by atoms with E-state index >= 15 is 0 Å². The molecule has 0 aromatic carbocycles. The van der Waals surface area contributed by atoms with E-state index in [2.05, 4.69) is 30.7 Å². The smallest absolute Gasteiger partial charge is 0.186 e. The largest absolute Gasteiger partial charge is 0.391 e. The van der Waals surface area contributed by atoms with Gasteiger partial charge in [0.05, 0.1) is 11.5 Å². The molecule has 0 spiro atoms. The minimum absolute atomic E-state index is 0.0418. The second-order valence-corrected chi connectivity index (χ2v) is 6.21. The van der Waals surface area contributed by atoms with Gasteiger partial charge in [0, 0.05) is 13.6 Å². The van der Waals surface area contributed by atoms with E-state index in [0.717, 1.165) is 16.6 Å². The van der Waals surface area contributed by atoms with Gasteiger partial charge in [0.1, 0.15) is 5.15 Å². The predicted molar refractivity (Wildman–Crippen MR) is 65.8 cm³/mol. The molecule has 86 valence electrons. The minimum atomic E-state index is -0.0418. The third-order valence-electron chi connectivity index (χ3n) is 1.82. The van der Waals surface area contributed by atoms with Crippen LogP contribution >= 0.6 is 22.9 Å². The number of hydrogen-bond acceptors (Lipinski definition) is 4. The summed E-state index contributed by atoms with van der Waals surface area (Å²) < 4.78 is 0. The van der Waals surface area contributed by atoms with Gasteiger partial charge in [-0.3, -0.25) is 0 Å². The highest BCUT2D eigenvalue weighted by Gasteiger charge is 2.17. The maximum atomic E-state index is 9.01. The van der Waals surface area contributed by atoms with Crippen LogP contribution in [0, 0.1) is 5.41 Å². The highest BCUT2D eigenvalue weighted by molar-refractivity contribution is 7.16. The zero-order valence-corrected chi connectivity index (χ0v) is 11.1. The van der Waals surface area contributed by atoms with Crippen molar-refractivity contribution in [2.75, 3.05) is 18.5 Å². The molecule has 0 amide bonds. The lowest BCUT2D eigenvalue weighted by molar-refractivity contribution is 0.285. The van der Waals surface area contributed by atoms with E-state index < -0.39 is 0 Å². The van der Waals surface area contributed by atoms with Gasteiger partial charge in [-0.25, -0.2) is 4.98 Å². The SMILES string of the molecule is CN(CC(C)(C)C)c1nc(Cl)c(CO)s1. The molecule has 0 saturated heterocycles. The van der Waals surface area contributed by atoms with E-state index in [-0.39, 0.29) is 12.0 Å². The molecule has 1 aromatic rings. The lowest BCUT2D eigenvalue weighted by atomic mass is 9.96. The van der Waals surface area contributed by atoms with E-state index in [1.54, 1.807) is 0 Å². The van der Waals surface area contributed by atoms with E-state index in [9.17, 15) is 0 Å². The molecule has 3 nitrogen and oxygen atoms in total. The molecule has 1 heterocycles. The molecule has 1 aromatic heterocycles. The molecule has 15 heavy (non-hydrogen) atoms. The lowest BCUT2D eigenvalue weighted by Crippen LogP contribution is -2.28. The third kappa shape index (κ3) is 3.63. The van der Waals surface area contributed by atoms with Crippen LogP contribution in [-0.4, -0.2) is 23.7 Å². The normalized spacial score (nSPS) is 11.9. The van der Waals surface area contributed by atoms with E-state index in [4.69, 9.17) is 16.7 Å². The van der Waals surface area contributed by atoms with Gasteiger partial charge in [-0.15, -0.1) is 0 Å². The van der Waals surface area contributed by atoms with Crippen molar-refractivity contribution >= 4 is 28.1 Å². The Morgan fingerprint density at radius 1 is 1.47 bits per heavy atom. The molecule has 0 radical (unpaired) electrons. The Balaban J connectivity index is 2.78. The number of thiazole rings is 1. The summed E-state index contributed by atoms with van der Waals surface area (Å²) in [6, 6.07) is 0. The maximum absolute atomic E-state index is 9.01. The second-order valence-electron chi connectivity index (χ2n) is 4.79. The number of anilines is 1. The molecular weight excluding hydrogens is 232 g/mol. The average Bonchev–Trinajstić information content (AvgIpc) is 2.43. The quantitative estimate of drug-likeness (QED) is 0.894. The van der Waals surface area contributed by atoms with Crippen molar-refractivity contribution in [1.82, 2.24) is 4.98 Å². The first kappa shape index (κ1) is 12.7. The zero-order valence-electron chi connectivity index (χ0n) is 9.54. The van der Waals surface area contributed by atoms with Crippen molar-refractivity contribution in [2.45, 2.75) is 27.4 Å². The van der Waals surface area contributed by atoms with Gasteiger partial charge in [0.25, 0.3) is 0 Å². The molecule has 0 saturated carbocycles. The summed E-state index contributed by atoms with van der Waals surface area (Å²) in [5.41, 5.74) is 0.215. The van der Waals surface area contributed by atoms with Crippen LogP contribution in [0.4, 0.5) is 5.13 Å². The second kappa shape index (κ2) is 4.68. The molecule has 1 rings (SSSR count). The maximum Gasteiger partial charge on any atom is 0.186 e. The fraction of sp³-hybridized carbons (Fsp3) is 0.700. The fourth-order valence-corrected chi connectivity index (χ4v) is 2.44. The van der Waals surface area contributed by atoms with Crippen molar-refractivity contribution in [2.24, 2.45) is 5.41 Å². The molecule has 0 bridgehead atoms. The van der Waals surface area contributed by atoms with Gasteiger partial charge in [0.2, 0.25) is 0 Å². The summed E-state index contributed by atoms with van der Waals surface area (Å²) in [7, 11) is 1.99. The molecule has 0 fully saturated rings. The Morgan fingerprint density at radius 3 is 2.47 bits per heavy atom. The van der Waals surface area contributed by atoms with Gasteiger partial charge >= 0.3 is 0 Å². The Hall–Kier alpha value is -0.320. The summed E-state index contributed by atoms with van der Waals surface area (Å²) in [5, 5.41) is 10.3. The van der Waals surface area contributed by atoms with Crippen LogP contribution in [0.15, 0.2) is 0 Å². The van der Waals surface area contributed by atoms with Gasteiger partial charge in [-0.2, -0.15) is 0 Å². The minimum Gasteiger partial charge on any atom is -0.391 e. The van der Waals surface area contributed by atoms with Gasteiger partial charge in [-0.1, -0.05) is 43.7 Å². The fourth-order valence-electron chi connectivity index (χ4n) is 1.36. The van der Waals surface area contributed by atoms with Crippen molar-refractivity contribution < 1.29 is 5.11 Å². The van der Waals surface area contributed by atoms with Crippen LogP contribution < -0.4 is 4.90 Å². The standard InChI is InChI=1S/C10H17ClN2OS/c1-10(2,3)6-13(4)9-12-8(11)7(5-14)15-9/h14H,5-6H2,1-4H3. The van der Waals surface area contributed by atoms with E-state index in [0.29, 0.717) is 5.15 Å². The van der Waals surface area contributed by atoms with Crippen molar-refractivity contribution in [3.05, 3.63) is 10.0 Å². The topological polar surface area (TPSA) is 36.4 Å².